The summed E-state index contributed by atoms with van der Waals surface area (Å²) in [5, 5.41) is 0. The standard InChI is InChI=1S/C13H9BrFN3/c14-13-17-11-2-1-10(15)7-12(11)18(13)8-9-3-5-16-6-4-9/h1-7H,8H2. The molecule has 2 aromatic heterocycles. The van der Waals surface area contributed by atoms with E-state index in [9.17, 15) is 4.39 Å². The number of imidazole rings is 1. The molecule has 0 spiro atoms. The number of rotatable bonds is 2. The molecule has 90 valence electrons. The molecule has 0 saturated carbocycles. The molecule has 0 aliphatic rings. The van der Waals surface area contributed by atoms with Crippen LogP contribution in [-0.2, 0) is 6.54 Å². The lowest BCUT2D eigenvalue weighted by molar-refractivity contribution is 0.628. The maximum Gasteiger partial charge on any atom is 0.178 e. The second-order valence-corrected chi connectivity index (χ2v) is 4.66. The van der Waals surface area contributed by atoms with E-state index in [1.165, 1.54) is 12.1 Å². The molecule has 3 nitrogen and oxygen atoms in total. The average Bonchev–Trinajstić information content (AvgIpc) is 2.67. The molecule has 0 aliphatic carbocycles. The average molecular weight is 306 g/mol. The quantitative estimate of drug-likeness (QED) is 0.726. The molecule has 3 aromatic rings. The van der Waals surface area contributed by atoms with Crippen molar-refractivity contribution in [1.82, 2.24) is 14.5 Å². The first-order valence-corrected chi connectivity index (χ1v) is 6.23. The third-order valence-corrected chi connectivity index (χ3v) is 3.36. The number of hydrogen-bond acceptors (Lipinski definition) is 2. The fourth-order valence-electron chi connectivity index (χ4n) is 1.89. The lowest BCUT2D eigenvalue weighted by Crippen LogP contribution is -2.00. The van der Waals surface area contributed by atoms with Gasteiger partial charge in [0.1, 0.15) is 5.82 Å². The van der Waals surface area contributed by atoms with Crippen molar-refractivity contribution >= 4 is 27.0 Å². The topological polar surface area (TPSA) is 30.7 Å². The van der Waals surface area contributed by atoms with Gasteiger partial charge in [-0.1, -0.05) is 0 Å². The summed E-state index contributed by atoms with van der Waals surface area (Å²) in [7, 11) is 0. The Bertz CT molecular complexity index is 694. The number of aromatic nitrogens is 3. The highest BCUT2D eigenvalue weighted by atomic mass is 79.9. The monoisotopic (exact) mass is 305 g/mol. The zero-order valence-corrected chi connectivity index (χ0v) is 10.9. The van der Waals surface area contributed by atoms with Crippen LogP contribution in [0.15, 0.2) is 47.5 Å². The van der Waals surface area contributed by atoms with E-state index in [0.717, 1.165) is 16.6 Å². The van der Waals surface area contributed by atoms with E-state index in [0.29, 0.717) is 11.3 Å². The van der Waals surface area contributed by atoms with Crippen LogP contribution in [0.3, 0.4) is 0 Å². The lowest BCUT2D eigenvalue weighted by Gasteiger charge is -2.05. The molecule has 0 amide bonds. The molecule has 18 heavy (non-hydrogen) atoms. The Morgan fingerprint density at radius 2 is 1.94 bits per heavy atom. The molecule has 0 atom stereocenters. The Kier molecular flexibility index (Phi) is 2.83. The van der Waals surface area contributed by atoms with Gasteiger partial charge >= 0.3 is 0 Å². The summed E-state index contributed by atoms with van der Waals surface area (Å²) >= 11 is 3.41. The third kappa shape index (κ3) is 2.01. The highest BCUT2D eigenvalue weighted by molar-refractivity contribution is 9.10. The molecule has 1 aromatic carbocycles. The van der Waals surface area contributed by atoms with Gasteiger partial charge in [-0.3, -0.25) is 4.98 Å². The Morgan fingerprint density at radius 1 is 1.17 bits per heavy atom. The number of halogens is 2. The van der Waals surface area contributed by atoms with Crippen molar-refractivity contribution in [3.8, 4) is 0 Å². The van der Waals surface area contributed by atoms with E-state index in [4.69, 9.17) is 0 Å². The van der Waals surface area contributed by atoms with Crippen LogP contribution >= 0.6 is 15.9 Å². The molecule has 3 rings (SSSR count). The van der Waals surface area contributed by atoms with E-state index >= 15 is 0 Å². The Morgan fingerprint density at radius 3 is 2.72 bits per heavy atom. The van der Waals surface area contributed by atoms with Crippen LogP contribution in [0.5, 0.6) is 0 Å². The lowest BCUT2D eigenvalue weighted by atomic mass is 10.2. The molecule has 0 saturated heterocycles. The van der Waals surface area contributed by atoms with E-state index in [1.54, 1.807) is 18.5 Å². The van der Waals surface area contributed by atoms with Crippen molar-refractivity contribution in [1.29, 1.82) is 0 Å². The van der Waals surface area contributed by atoms with Crippen LogP contribution in [0.4, 0.5) is 4.39 Å². The van der Waals surface area contributed by atoms with Gasteiger partial charge in [0, 0.05) is 12.4 Å². The van der Waals surface area contributed by atoms with Gasteiger partial charge in [-0.05, 0) is 51.8 Å². The minimum absolute atomic E-state index is 0.258. The van der Waals surface area contributed by atoms with Gasteiger partial charge in [0.05, 0.1) is 17.6 Å². The molecular formula is C13H9BrFN3. The van der Waals surface area contributed by atoms with Crippen LogP contribution in [0.1, 0.15) is 5.56 Å². The van der Waals surface area contributed by atoms with Crippen LogP contribution in [0, 0.1) is 5.82 Å². The van der Waals surface area contributed by atoms with E-state index < -0.39 is 0 Å². The van der Waals surface area contributed by atoms with Gasteiger partial charge in [0.2, 0.25) is 0 Å². The Hall–Kier alpha value is -1.75. The van der Waals surface area contributed by atoms with Crippen molar-refractivity contribution in [2.45, 2.75) is 6.54 Å². The summed E-state index contributed by atoms with van der Waals surface area (Å²) < 4.78 is 15.9. The fourth-order valence-corrected chi connectivity index (χ4v) is 2.40. The second kappa shape index (κ2) is 4.49. The SMILES string of the molecule is Fc1ccc2nc(Br)n(Cc3ccncc3)c2c1. The molecular weight excluding hydrogens is 297 g/mol. The number of nitrogens with zero attached hydrogens (tertiary/aromatic N) is 3. The Balaban J connectivity index is 2.11. The summed E-state index contributed by atoms with van der Waals surface area (Å²) in [6.07, 6.45) is 3.48. The van der Waals surface area contributed by atoms with Gasteiger partial charge < -0.3 is 4.57 Å². The predicted molar refractivity (Wildman–Crippen MR) is 70.7 cm³/mol. The van der Waals surface area contributed by atoms with Crippen LogP contribution in [-0.4, -0.2) is 14.5 Å². The van der Waals surface area contributed by atoms with Gasteiger partial charge in [0.25, 0.3) is 0 Å². The highest BCUT2D eigenvalue weighted by Crippen LogP contribution is 2.22. The molecule has 0 fully saturated rings. The van der Waals surface area contributed by atoms with Crippen molar-refractivity contribution in [3.05, 3.63) is 58.8 Å². The minimum atomic E-state index is -0.258. The maximum atomic E-state index is 13.3. The molecule has 0 radical (unpaired) electrons. The van der Waals surface area contributed by atoms with Gasteiger partial charge in [-0.25, -0.2) is 9.37 Å². The maximum absolute atomic E-state index is 13.3. The summed E-state index contributed by atoms with van der Waals surface area (Å²) in [4.78, 5) is 8.32. The summed E-state index contributed by atoms with van der Waals surface area (Å²) in [6, 6.07) is 8.44. The molecule has 0 aliphatic heterocycles. The van der Waals surface area contributed by atoms with Gasteiger partial charge in [-0.15, -0.1) is 0 Å². The first-order valence-electron chi connectivity index (χ1n) is 5.44. The summed E-state index contributed by atoms with van der Waals surface area (Å²) in [6.45, 7) is 0.628. The van der Waals surface area contributed by atoms with Gasteiger partial charge in [0.15, 0.2) is 4.73 Å². The van der Waals surface area contributed by atoms with E-state index in [1.807, 2.05) is 16.7 Å². The van der Waals surface area contributed by atoms with Crippen molar-refractivity contribution in [2.24, 2.45) is 0 Å². The van der Waals surface area contributed by atoms with Crippen LogP contribution in [0.25, 0.3) is 11.0 Å². The normalized spacial score (nSPS) is 11.0. The largest absolute Gasteiger partial charge is 0.314 e. The smallest absolute Gasteiger partial charge is 0.178 e. The predicted octanol–water partition coefficient (Wildman–Crippen LogP) is 3.38. The highest BCUT2D eigenvalue weighted by Gasteiger charge is 2.09. The summed E-state index contributed by atoms with van der Waals surface area (Å²) in [5.74, 6) is -0.258. The molecule has 2 heterocycles. The number of benzene rings is 1. The molecule has 0 N–H and O–H groups in total. The number of hydrogen-bond donors (Lipinski definition) is 0. The van der Waals surface area contributed by atoms with Crippen molar-refractivity contribution < 1.29 is 4.39 Å². The molecule has 0 unspecified atom stereocenters. The zero-order valence-electron chi connectivity index (χ0n) is 9.35. The number of fused-ring (bicyclic) bond motifs is 1. The van der Waals surface area contributed by atoms with Crippen LogP contribution < -0.4 is 0 Å². The number of pyridine rings is 1. The zero-order chi connectivity index (χ0) is 12.5. The fraction of sp³-hybridized carbons (Fsp3) is 0.0769. The second-order valence-electron chi connectivity index (χ2n) is 3.96. The van der Waals surface area contributed by atoms with Crippen LogP contribution in [0.2, 0.25) is 0 Å². The Labute approximate surface area is 111 Å². The first kappa shape index (κ1) is 11.3. The van der Waals surface area contributed by atoms with E-state index in [-0.39, 0.29) is 5.82 Å². The van der Waals surface area contributed by atoms with Gasteiger partial charge in [-0.2, -0.15) is 0 Å². The molecule has 0 bridgehead atoms. The minimum Gasteiger partial charge on any atom is -0.314 e. The molecule has 5 heteroatoms. The van der Waals surface area contributed by atoms with Crippen molar-refractivity contribution in [3.63, 3.8) is 0 Å². The third-order valence-electron chi connectivity index (χ3n) is 2.75. The van der Waals surface area contributed by atoms with E-state index in [2.05, 4.69) is 25.9 Å². The first-order chi connectivity index (χ1) is 8.74. The summed E-state index contributed by atoms with van der Waals surface area (Å²) in [5.41, 5.74) is 2.64. The van der Waals surface area contributed by atoms with Crippen molar-refractivity contribution in [2.75, 3.05) is 0 Å².